The zero-order valence-electron chi connectivity index (χ0n) is 14.4. The van der Waals surface area contributed by atoms with Gasteiger partial charge in [0, 0.05) is 42.6 Å². The van der Waals surface area contributed by atoms with E-state index < -0.39 is 0 Å². The highest BCUT2D eigenvalue weighted by Crippen LogP contribution is 2.31. The molecular weight excluding hydrogens is 441 g/mol. The van der Waals surface area contributed by atoms with Crippen molar-refractivity contribution in [2.24, 2.45) is 0 Å². The molecule has 0 bridgehead atoms. The molecule has 1 saturated heterocycles. The van der Waals surface area contributed by atoms with Crippen molar-refractivity contribution in [3.8, 4) is 0 Å². The van der Waals surface area contributed by atoms with Crippen LogP contribution in [0.15, 0.2) is 34.7 Å². The number of hydrogen-bond donors (Lipinski definition) is 0. The van der Waals surface area contributed by atoms with Gasteiger partial charge >= 0.3 is 0 Å². The Kier molecular flexibility index (Phi) is 6.26. The first-order chi connectivity index (χ1) is 13.1. The van der Waals surface area contributed by atoms with E-state index in [2.05, 4.69) is 16.0 Å². The maximum atomic E-state index is 12.5. The molecule has 3 heterocycles. The van der Waals surface area contributed by atoms with Crippen LogP contribution in [0.5, 0.6) is 0 Å². The summed E-state index contributed by atoms with van der Waals surface area (Å²) in [6.45, 7) is 4.24. The molecule has 1 aliphatic rings. The second kappa shape index (κ2) is 8.68. The molecule has 2 aromatic heterocycles. The molecule has 3 aromatic rings. The average Bonchev–Trinajstić information content (AvgIpc) is 3.25. The van der Waals surface area contributed by atoms with Crippen molar-refractivity contribution in [1.29, 1.82) is 0 Å². The smallest absolute Gasteiger partial charge is 0.233 e. The zero-order valence-corrected chi connectivity index (χ0v) is 18.3. The predicted octanol–water partition coefficient (Wildman–Crippen LogP) is 5.10. The van der Waals surface area contributed by atoms with Gasteiger partial charge in [0.05, 0.1) is 20.3 Å². The van der Waals surface area contributed by atoms with E-state index in [1.807, 2.05) is 29.2 Å². The topological polar surface area (TPSA) is 36.4 Å². The Balaban J connectivity index is 1.26. The number of fused-ring (bicyclic) bond motifs is 1. The number of carbonyl (C=O) groups is 1. The van der Waals surface area contributed by atoms with Crippen LogP contribution in [0.4, 0.5) is 0 Å². The lowest BCUT2D eigenvalue weighted by Gasteiger charge is -2.34. The summed E-state index contributed by atoms with van der Waals surface area (Å²) in [7, 11) is 0. The molecule has 1 aliphatic heterocycles. The molecule has 0 spiro atoms. The van der Waals surface area contributed by atoms with E-state index in [4.69, 9.17) is 23.2 Å². The van der Waals surface area contributed by atoms with Crippen molar-refractivity contribution < 1.29 is 4.79 Å². The molecule has 0 N–H and O–H groups in total. The van der Waals surface area contributed by atoms with Gasteiger partial charge in [-0.1, -0.05) is 35.0 Å². The van der Waals surface area contributed by atoms with Crippen LogP contribution in [-0.4, -0.2) is 52.6 Å². The van der Waals surface area contributed by atoms with E-state index in [1.54, 1.807) is 22.7 Å². The third kappa shape index (κ3) is 4.96. The van der Waals surface area contributed by atoms with E-state index >= 15 is 0 Å². The van der Waals surface area contributed by atoms with Crippen LogP contribution < -0.4 is 0 Å². The van der Waals surface area contributed by atoms with E-state index in [0.717, 1.165) is 51.6 Å². The SMILES string of the molecule is O=C(CSc1nc2cc(Cl)ccc2s1)N1CCN(Cc2ccc(Cl)s2)CC1. The van der Waals surface area contributed by atoms with Crippen molar-refractivity contribution in [3.63, 3.8) is 0 Å². The first-order valence-corrected chi connectivity index (χ1v) is 11.9. The fourth-order valence-corrected chi connectivity index (χ4v) is 6.22. The maximum absolute atomic E-state index is 12.5. The lowest BCUT2D eigenvalue weighted by atomic mass is 10.3. The van der Waals surface area contributed by atoms with Crippen molar-refractivity contribution in [3.05, 3.63) is 44.6 Å². The number of rotatable bonds is 5. The summed E-state index contributed by atoms with van der Waals surface area (Å²) in [5, 5.41) is 0.683. The second-order valence-electron chi connectivity index (χ2n) is 6.24. The Hall–Kier alpha value is -0.830. The second-order valence-corrected chi connectivity index (χ2v) is 10.7. The molecule has 9 heteroatoms. The van der Waals surface area contributed by atoms with Gasteiger partial charge in [0.1, 0.15) is 0 Å². The van der Waals surface area contributed by atoms with Crippen LogP contribution in [0.2, 0.25) is 9.36 Å². The number of halogens is 2. The molecule has 1 amide bonds. The molecule has 142 valence electrons. The summed E-state index contributed by atoms with van der Waals surface area (Å²) in [5.41, 5.74) is 0.893. The molecule has 0 atom stereocenters. The molecule has 0 unspecified atom stereocenters. The van der Waals surface area contributed by atoms with Crippen LogP contribution in [0.1, 0.15) is 4.88 Å². The number of amides is 1. The molecule has 0 saturated carbocycles. The van der Waals surface area contributed by atoms with Crippen LogP contribution in [-0.2, 0) is 11.3 Å². The molecule has 27 heavy (non-hydrogen) atoms. The van der Waals surface area contributed by atoms with Gasteiger partial charge < -0.3 is 4.90 Å². The van der Waals surface area contributed by atoms with E-state index in [1.165, 1.54) is 16.6 Å². The molecule has 4 nitrogen and oxygen atoms in total. The number of piperazine rings is 1. The van der Waals surface area contributed by atoms with Crippen LogP contribution in [0.25, 0.3) is 10.2 Å². The number of thioether (sulfide) groups is 1. The Morgan fingerprint density at radius 1 is 1.11 bits per heavy atom. The third-order valence-corrected chi connectivity index (χ3v) is 8.00. The van der Waals surface area contributed by atoms with Crippen molar-refractivity contribution in [2.45, 2.75) is 10.9 Å². The third-order valence-electron chi connectivity index (χ3n) is 4.38. The minimum absolute atomic E-state index is 0.177. The molecule has 1 aromatic carbocycles. The van der Waals surface area contributed by atoms with Crippen molar-refractivity contribution in [1.82, 2.24) is 14.8 Å². The Morgan fingerprint density at radius 2 is 1.93 bits per heavy atom. The quantitative estimate of drug-likeness (QED) is 0.499. The molecule has 0 radical (unpaired) electrons. The summed E-state index contributed by atoms with van der Waals surface area (Å²) < 4.78 is 2.83. The maximum Gasteiger partial charge on any atom is 0.233 e. The number of benzene rings is 1. The lowest BCUT2D eigenvalue weighted by Crippen LogP contribution is -2.48. The Morgan fingerprint density at radius 3 is 2.67 bits per heavy atom. The minimum atomic E-state index is 0.177. The van der Waals surface area contributed by atoms with Gasteiger partial charge in [-0.2, -0.15) is 0 Å². The van der Waals surface area contributed by atoms with Gasteiger partial charge in [-0.15, -0.1) is 22.7 Å². The Bertz CT molecular complexity index is 950. The molecule has 0 aliphatic carbocycles. The number of aromatic nitrogens is 1. The number of thiophene rings is 1. The highest BCUT2D eigenvalue weighted by atomic mass is 35.5. The van der Waals surface area contributed by atoms with Crippen molar-refractivity contribution in [2.75, 3.05) is 31.9 Å². The summed E-state index contributed by atoms with van der Waals surface area (Å²) in [5.74, 6) is 0.602. The monoisotopic (exact) mass is 457 g/mol. The summed E-state index contributed by atoms with van der Waals surface area (Å²) in [6, 6.07) is 9.71. The fraction of sp³-hybridized carbons (Fsp3) is 0.333. The molecule has 1 fully saturated rings. The predicted molar refractivity (Wildman–Crippen MR) is 117 cm³/mol. The summed E-state index contributed by atoms with van der Waals surface area (Å²) in [4.78, 5) is 22.7. The summed E-state index contributed by atoms with van der Waals surface area (Å²) in [6.07, 6.45) is 0. The van der Waals surface area contributed by atoms with Gasteiger partial charge in [0.2, 0.25) is 5.91 Å². The average molecular weight is 458 g/mol. The van der Waals surface area contributed by atoms with Crippen LogP contribution in [0.3, 0.4) is 0 Å². The number of hydrogen-bond acceptors (Lipinski definition) is 6. The fourth-order valence-electron chi connectivity index (χ4n) is 2.97. The first-order valence-electron chi connectivity index (χ1n) is 8.50. The first kappa shape index (κ1) is 19.5. The standard InChI is InChI=1S/C18H17Cl2N3OS3/c19-12-1-3-15-14(9-12)21-18(27-15)25-11-17(24)23-7-5-22(6-8-23)10-13-2-4-16(20)26-13/h1-4,9H,5-8,10-11H2. The van der Waals surface area contributed by atoms with Gasteiger partial charge in [-0.05, 0) is 30.3 Å². The van der Waals surface area contributed by atoms with Crippen molar-refractivity contribution >= 4 is 73.8 Å². The van der Waals surface area contributed by atoms with E-state index in [9.17, 15) is 4.79 Å². The van der Waals surface area contributed by atoms with Gasteiger partial charge in [0.15, 0.2) is 4.34 Å². The number of carbonyl (C=O) groups excluding carboxylic acids is 1. The largest absolute Gasteiger partial charge is 0.339 e. The zero-order chi connectivity index (χ0) is 18.8. The highest BCUT2D eigenvalue weighted by Gasteiger charge is 2.22. The van der Waals surface area contributed by atoms with Gasteiger partial charge in [-0.25, -0.2) is 4.98 Å². The lowest BCUT2D eigenvalue weighted by molar-refractivity contribution is -0.130. The van der Waals surface area contributed by atoms with E-state index in [-0.39, 0.29) is 5.91 Å². The van der Waals surface area contributed by atoms with Gasteiger partial charge in [-0.3, -0.25) is 9.69 Å². The number of nitrogens with zero attached hydrogens (tertiary/aromatic N) is 3. The van der Waals surface area contributed by atoms with Crippen LogP contribution in [0, 0.1) is 0 Å². The normalized spacial score (nSPS) is 15.6. The Labute approximate surface area is 180 Å². The molecule has 4 rings (SSSR count). The van der Waals surface area contributed by atoms with E-state index in [0.29, 0.717) is 10.8 Å². The molecular formula is C18H17Cl2N3OS3. The highest BCUT2D eigenvalue weighted by molar-refractivity contribution is 8.01. The number of thiazole rings is 1. The van der Waals surface area contributed by atoms with Gasteiger partial charge in [0.25, 0.3) is 0 Å². The minimum Gasteiger partial charge on any atom is -0.339 e. The summed E-state index contributed by atoms with van der Waals surface area (Å²) >= 11 is 16.7. The van der Waals surface area contributed by atoms with Crippen LogP contribution >= 0.6 is 57.6 Å².